The van der Waals surface area contributed by atoms with E-state index in [4.69, 9.17) is 5.73 Å². The van der Waals surface area contributed by atoms with E-state index in [1.807, 2.05) is 20.8 Å². The predicted molar refractivity (Wildman–Crippen MR) is 77.1 cm³/mol. The van der Waals surface area contributed by atoms with Gasteiger partial charge in [0.1, 0.15) is 0 Å². The van der Waals surface area contributed by atoms with Crippen LogP contribution in [0.25, 0.3) is 0 Å². The minimum Gasteiger partial charge on any atom is -0.326 e. The highest BCUT2D eigenvalue weighted by Crippen LogP contribution is 2.10. The molecule has 0 saturated heterocycles. The average molecular weight is 265 g/mol. The standard InChI is InChI=1S/C14H23N3O2/c1-4-9-17-10-11(5-6-13(17)19)16-12(18)7-8-14(2,3)15/h5-6,10H,4,7-9,15H2,1-3H3,(H,16,18). The number of hydrogen-bond donors (Lipinski definition) is 2. The van der Waals surface area contributed by atoms with Crippen molar-refractivity contribution in [1.82, 2.24) is 4.57 Å². The Hall–Kier alpha value is -1.62. The molecule has 106 valence electrons. The maximum atomic E-state index is 11.8. The van der Waals surface area contributed by atoms with E-state index in [1.165, 1.54) is 6.07 Å². The first-order valence-corrected chi connectivity index (χ1v) is 6.61. The van der Waals surface area contributed by atoms with E-state index in [9.17, 15) is 9.59 Å². The van der Waals surface area contributed by atoms with Gasteiger partial charge in [-0.3, -0.25) is 9.59 Å². The fraction of sp³-hybridized carbons (Fsp3) is 0.571. The van der Waals surface area contributed by atoms with Crippen molar-refractivity contribution in [3.63, 3.8) is 0 Å². The van der Waals surface area contributed by atoms with Crippen LogP contribution in [0.2, 0.25) is 0 Å². The first kappa shape index (κ1) is 15.4. The molecule has 0 aliphatic carbocycles. The van der Waals surface area contributed by atoms with E-state index in [1.54, 1.807) is 16.8 Å². The second-order valence-corrected chi connectivity index (χ2v) is 5.49. The summed E-state index contributed by atoms with van der Waals surface area (Å²) >= 11 is 0. The van der Waals surface area contributed by atoms with Crippen molar-refractivity contribution < 1.29 is 4.79 Å². The molecule has 1 amide bonds. The Morgan fingerprint density at radius 1 is 1.42 bits per heavy atom. The van der Waals surface area contributed by atoms with Crippen LogP contribution in [0.4, 0.5) is 5.69 Å². The van der Waals surface area contributed by atoms with Gasteiger partial charge in [-0.1, -0.05) is 6.92 Å². The van der Waals surface area contributed by atoms with Gasteiger partial charge in [0.05, 0.1) is 5.69 Å². The topological polar surface area (TPSA) is 77.1 Å². The SMILES string of the molecule is CCCn1cc(NC(=O)CCC(C)(C)N)ccc1=O. The van der Waals surface area contributed by atoms with E-state index in [0.29, 0.717) is 25.1 Å². The summed E-state index contributed by atoms with van der Waals surface area (Å²) in [5.41, 5.74) is 6.08. The fourth-order valence-corrected chi connectivity index (χ4v) is 1.68. The first-order chi connectivity index (χ1) is 8.81. The summed E-state index contributed by atoms with van der Waals surface area (Å²) in [5.74, 6) is -0.0831. The van der Waals surface area contributed by atoms with Crippen LogP contribution < -0.4 is 16.6 Å². The lowest BCUT2D eigenvalue weighted by Gasteiger charge is -2.17. The third kappa shape index (κ3) is 5.70. The van der Waals surface area contributed by atoms with Crippen LogP contribution in [0.15, 0.2) is 23.1 Å². The number of anilines is 1. The van der Waals surface area contributed by atoms with Crippen LogP contribution in [-0.4, -0.2) is 16.0 Å². The minimum absolute atomic E-state index is 0.0528. The molecule has 0 fully saturated rings. The van der Waals surface area contributed by atoms with Crippen molar-refractivity contribution in [3.05, 3.63) is 28.7 Å². The Morgan fingerprint density at radius 3 is 2.68 bits per heavy atom. The van der Waals surface area contributed by atoms with Gasteiger partial charge in [-0.2, -0.15) is 0 Å². The molecule has 0 radical (unpaired) electrons. The summed E-state index contributed by atoms with van der Waals surface area (Å²) in [5, 5.41) is 2.79. The summed E-state index contributed by atoms with van der Waals surface area (Å²) in [6.45, 7) is 6.43. The molecule has 5 heteroatoms. The van der Waals surface area contributed by atoms with E-state index in [2.05, 4.69) is 5.32 Å². The van der Waals surface area contributed by atoms with Crippen LogP contribution >= 0.6 is 0 Å². The van der Waals surface area contributed by atoms with Crippen LogP contribution in [0, 0.1) is 0 Å². The van der Waals surface area contributed by atoms with Crippen molar-refractivity contribution in [1.29, 1.82) is 0 Å². The summed E-state index contributed by atoms with van der Waals surface area (Å²) in [6.07, 6.45) is 3.54. The molecule has 19 heavy (non-hydrogen) atoms. The Balaban J connectivity index is 2.64. The smallest absolute Gasteiger partial charge is 0.250 e. The van der Waals surface area contributed by atoms with Gasteiger partial charge in [-0.05, 0) is 32.8 Å². The fourth-order valence-electron chi connectivity index (χ4n) is 1.68. The Kier molecular flexibility index (Phi) is 5.30. The number of nitrogens with one attached hydrogen (secondary N) is 1. The molecule has 0 unspecified atom stereocenters. The zero-order valence-corrected chi connectivity index (χ0v) is 11.9. The quantitative estimate of drug-likeness (QED) is 0.822. The number of carbonyl (C=O) groups excluding carboxylic acids is 1. The van der Waals surface area contributed by atoms with Crippen molar-refractivity contribution in [2.24, 2.45) is 5.73 Å². The molecule has 1 aromatic heterocycles. The van der Waals surface area contributed by atoms with Crippen molar-refractivity contribution in [2.45, 2.75) is 52.1 Å². The lowest BCUT2D eigenvalue weighted by Crippen LogP contribution is -2.33. The zero-order chi connectivity index (χ0) is 14.5. The molecule has 0 aromatic carbocycles. The molecule has 1 rings (SSSR count). The van der Waals surface area contributed by atoms with Gasteiger partial charge in [-0.15, -0.1) is 0 Å². The molecule has 0 aliphatic rings. The van der Waals surface area contributed by atoms with Gasteiger partial charge in [0.15, 0.2) is 0 Å². The Bertz CT molecular complexity index is 486. The average Bonchev–Trinajstić information content (AvgIpc) is 2.30. The van der Waals surface area contributed by atoms with Crippen LogP contribution in [0.5, 0.6) is 0 Å². The lowest BCUT2D eigenvalue weighted by molar-refractivity contribution is -0.116. The number of pyridine rings is 1. The Morgan fingerprint density at radius 2 is 2.11 bits per heavy atom. The largest absolute Gasteiger partial charge is 0.326 e. The van der Waals surface area contributed by atoms with E-state index in [0.717, 1.165) is 6.42 Å². The second kappa shape index (κ2) is 6.52. The van der Waals surface area contributed by atoms with Gasteiger partial charge in [0.25, 0.3) is 5.56 Å². The molecular weight excluding hydrogens is 242 g/mol. The van der Waals surface area contributed by atoms with Crippen LogP contribution in [-0.2, 0) is 11.3 Å². The maximum absolute atomic E-state index is 11.8. The molecule has 3 N–H and O–H groups in total. The van der Waals surface area contributed by atoms with E-state index >= 15 is 0 Å². The van der Waals surface area contributed by atoms with Gasteiger partial charge < -0.3 is 15.6 Å². The Labute approximate surface area is 113 Å². The molecule has 0 bridgehead atoms. The molecule has 0 saturated carbocycles. The summed E-state index contributed by atoms with van der Waals surface area (Å²) in [7, 11) is 0. The van der Waals surface area contributed by atoms with Gasteiger partial charge in [0.2, 0.25) is 5.91 Å². The molecular formula is C14H23N3O2. The number of rotatable bonds is 6. The number of carbonyl (C=O) groups is 1. The summed E-state index contributed by atoms with van der Waals surface area (Å²) < 4.78 is 1.60. The zero-order valence-electron chi connectivity index (χ0n) is 11.9. The molecule has 0 aliphatic heterocycles. The van der Waals surface area contributed by atoms with Crippen molar-refractivity contribution >= 4 is 11.6 Å². The number of nitrogens with zero attached hydrogens (tertiary/aromatic N) is 1. The highest BCUT2D eigenvalue weighted by molar-refractivity contribution is 5.90. The van der Waals surface area contributed by atoms with Crippen molar-refractivity contribution in [2.75, 3.05) is 5.32 Å². The minimum atomic E-state index is -0.349. The second-order valence-electron chi connectivity index (χ2n) is 5.49. The van der Waals surface area contributed by atoms with E-state index in [-0.39, 0.29) is 17.0 Å². The number of hydrogen-bond acceptors (Lipinski definition) is 3. The third-order valence-electron chi connectivity index (χ3n) is 2.73. The maximum Gasteiger partial charge on any atom is 0.250 e. The molecule has 0 spiro atoms. The van der Waals surface area contributed by atoms with Crippen LogP contribution in [0.1, 0.15) is 40.0 Å². The van der Waals surface area contributed by atoms with Gasteiger partial charge in [-0.25, -0.2) is 0 Å². The van der Waals surface area contributed by atoms with Gasteiger partial charge in [0, 0.05) is 30.8 Å². The lowest BCUT2D eigenvalue weighted by atomic mass is 10.00. The number of amides is 1. The molecule has 0 atom stereocenters. The predicted octanol–water partition coefficient (Wildman–Crippen LogP) is 1.71. The molecule has 1 aromatic rings. The summed E-state index contributed by atoms with van der Waals surface area (Å²) in [4.78, 5) is 23.3. The number of nitrogens with two attached hydrogens (primary N) is 1. The monoisotopic (exact) mass is 265 g/mol. The highest BCUT2D eigenvalue weighted by atomic mass is 16.1. The number of aromatic nitrogens is 1. The van der Waals surface area contributed by atoms with Crippen molar-refractivity contribution in [3.8, 4) is 0 Å². The number of aryl methyl sites for hydroxylation is 1. The normalized spacial score (nSPS) is 11.4. The third-order valence-corrected chi connectivity index (χ3v) is 2.73. The molecule has 1 heterocycles. The highest BCUT2D eigenvalue weighted by Gasteiger charge is 2.13. The molecule has 5 nitrogen and oxygen atoms in total. The summed E-state index contributed by atoms with van der Waals surface area (Å²) in [6, 6.07) is 3.10. The van der Waals surface area contributed by atoms with E-state index < -0.39 is 0 Å². The van der Waals surface area contributed by atoms with Gasteiger partial charge >= 0.3 is 0 Å². The van der Waals surface area contributed by atoms with Crippen LogP contribution in [0.3, 0.4) is 0 Å². The first-order valence-electron chi connectivity index (χ1n) is 6.61.